The van der Waals surface area contributed by atoms with Gasteiger partial charge in [-0.15, -0.1) is 0 Å². The van der Waals surface area contributed by atoms with Gasteiger partial charge in [-0.1, -0.05) is 6.92 Å². The highest BCUT2D eigenvalue weighted by molar-refractivity contribution is 5.96. The second-order valence-electron chi connectivity index (χ2n) is 4.24. The first kappa shape index (κ1) is 14.1. The monoisotopic (exact) mass is 280 g/mol. The van der Waals surface area contributed by atoms with Crippen molar-refractivity contribution in [1.29, 1.82) is 0 Å². The second-order valence-corrected chi connectivity index (χ2v) is 4.24. The maximum Gasteiger partial charge on any atom is 0.296 e. The number of nitro groups is 1. The average molecular weight is 280 g/mol. The van der Waals surface area contributed by atoms with E-state index in [-0.39, 0.29) is 18.2 Å². The number of nitrogens with one attached hydrogen (secondary N) is 3. The molecule has 1 aliphatic rings. The molecule has 1 aromatic rings. The first-order chi connectivity index (χ1) is 9.61. The fraction of sp³-hybridized carbons (Fsp3) is 0.417. The molecule has 108 valence electrons. The van der Waals surface area contributed by atoms with Crippen molar-refractivity contribution in [3.05, 3.63) is 22.2 Å². The van der Waals surface area contributed by atoms with E-state index in [0.717, 1.165) is 6.54 Å². The molecule has 8 nitrogen and oxygen atoms in total. The van der Waals surface area contributed by atoms with Gasteiger partial charge in [-0.3, -0.25) is 14.9 Å². The highest BCUT2D eigenvalue weighted by Gasteiger charge is 2.23. The number of carbonyl (C=O) groups is 1. The molecular formula is C12H16N4O4. The summed E-state index contributed by atoms with van der Waals surface area (Å²) in [5.74, 6) is 0.0403. The Balaban J connectivity index is 2.21. The van der Waals surface area contributed by atoms with E-state index in [0.29, 0.717) is 30.2 Å². The average Bonchev–Trinajstić information content (AvgIpc) is 2.42. The zero-order valence-electron chi connectivity index (χ0n) is 11.1. The summed E-state index contributed by atoms with van der Waals surface area (Å²) in [4.78, 5) is 21.8. The number of ether oxygens (including phenoxy) is 1. The fourth-order valence-electron chi connectivity index (χ4n) is 1.87. The Morgan fingerprint density at radius 2 is 2.25 bits per heavy atom. The molecule has 8 heteroatoms. The molecule has 0 saturated heterocycles. The lowest BCUT2D eigenvalue weighted by Crippen LogP contribution is -2.26. The normalized spacial score (nSPS) is 13.2. The summed E-state index contributed by atoms with van der Waals surface area (Å²) in [6, 6.07) is 2.85. The number of benzene rings is 1. The van der Waals surface area contributed by atoms with Gasteiger partial charge in [-0.2, -0.15) is 0 Å². The Morgan fingerprint density at radius 3 is 2.95 bits per heavy atom. The molecule has 0 bridgehead atoms. The molecule has 0 aliphatic carbocycles. The van der Waals surface area contributed by atoms with Gasteiger partial charge in [0, 0.05) is 13.1 Å². The lowest BCUT2D eigenvalue weighted by molar-refractivity contribution is -0.384. The van der Waals surface area contributed by atoms with E-state index in [9.17, 15) is 14.9 Å². The molecule has 0 spiro atoms. The van der Waals surface area contributed by atoms with Crippen molar-refractivity contribution >= 4 is 23.0 Å². The molecule has 3 N–H and O–H groups in total. The van der Waals surface area contributed by atoms with Crippen LogP contribution in [0.4, 0.5) is 17.1 Å². The number of hydrogen-bond acceptors (Lipinski definition) is 6. The van der Waals surface area contributed by atoms with Crippen molar-refractivity contribution in [2.75, 3.05) is 36.9 Å². The van der Waals surface area contributed by atoms with Crippen LogP contribution < -0.4 is 20.7 Å². The lowest BCUT2D eigenvalue weighted by atomic mass is 10.2. The predicted octanol–water partition coefficient (Wildman–Crippen LogP) is 0.947. The Bertz CT molecular complexity index is 532. The van der Waals surface area contributed by atoms with Gasteiger partial charge in [0.05, 0.1) is 16.7 Å². The zero-order valence-corrected chi connectivity index (χ0v) is 11.1. The molecule has 0 aromatic heterocycles. The number of carbonyl (C=O) groups excluding carboxylic acids is 1. The Labute approximate surface area is 115 Å². The van der Waals surface area contributed by atoms with Crippen molar-refractivity contribution < 1.29 is 14.5 Å². The third-order valence-corrected chi connectivity index (χ3v) is 2.79. The van der Waals surface area contributed by atoms with Crippen LogP contribution in [-0.2, 0) is 4.79 Å². The topological polar surface area (TPSA) is 106 Å². The Morgan fingerprint density at radius 1 is 1.45 bits per heavy atom. The largest absolute Gasteiger partial charge is 0.481 e. The summed E-state index contributed by atoms with van der Waals surface area (Å²) in [7, 11) is 0. The first-order valence-electron chi connectivity index (χ1n) is 6.31. The van der Waals surface area contributed by atoms with Crippen molar-refractivity contribution in [2.24, 2.45) is 0 Å². The van der Waals surface area contributed by atoms with Crippen LogP contribution in [0.5, 0.6) is 5.75 Å². The molecule has 1 aromatic carbocycles. The van der Waals surface area contributed by atoms with Gasteiger partial charge in [0.2, 0.25) is 0 Å². The predicted molar refractivity (Wildman–Crippen MR) is 74.3 cm³/mol. The number of anilines is 2. The summed E-state index contributed by atoms with van der Waals surface area (Å²) in [5, 5.41) is 19.8. The van der Waals surface area contributed by atoms with E-state index in [1.54, 1.807) is 0 Å². The minimum absolute atomic E-state index is 0.0728. The second kappa shape index (κ2) is 6.20. The molecule has 0 radical (unpaired) electrons. The molecule has 2 rings (SSSR count). The van der Waals surface area contributed by atoms with Crippen molar-refractivity contribution in [3.8, 4) is 5.75 Å². The van der Waals surface area contributed by atoms with E-state index >= 15 is 0 Å². The van der Waals surface area contributed by atoms with E-state index in [1.165, 1.54) is 12.1 Å². The van der Waals surface area contributed by atoms with Crippen molar-refractivity contribution in [2.45, 2.75) is 6.92 Å². The number of nitro benzene ring substituents is 1. The maximum absolute atomic E-state index is 11.3. The van der Waals surface area contributed by atoms with E-state index < -0.39 is 4.92 Å². The number of rotatable bonds is 6. The van der Waals surface area contributed by atoms with Crippen LogP contribution in [0.3, 0.4) is 0 Å². The summed E-state index contributed by atoms with van der Waals surface area (Å²) >= 11 is 0. The molecule has 0 saturated carbocycles. The third kappa shape index (κ3) is 3.15. The highest BCUT2D eigenvalue weighted by Crippen LogP contribution is 2.37. The number of amides is 1. The van der Waals surface area contributed by atoms with Gasteiger partial charge >= 0.3 is 0 Å². The van der Waals surface area contributed by atoms with Crippen LogP contribution in [0.1, 0.15) is 6.92 Å². The van der Waals surface area contributed by atoms with Crippen LogP contribution in [-0.4, -0.2) is 37.1 Å². The standard InChI is InChI=1S/C12H16N4O4/c1-2-13-3-4-14-8-5-9-11(6-10(8)16(18)19)20-7-12(17)15-9/h5-6,13-14H,2-4,7H2,1H3,(H,15,17). The number of nitrogens with zero attached hydrogens (tertiary/aromatic N) is 1. The summed E-state index contributed by atoms with van der Waals surface area (Å²) in [5.41, 5.74) is 0.728. The van der Waals surface area contributed by atoms with Crippen LogP contribution >= 0.6 is 0 Å². The van der Waals surface area contributed by atoms with E-state index in [1.807, 2.05) is 6.92 Å². The van der Waals surface area contributed by atoms with E-state index in [4.69, 9.17) is 4.74 Å². The molecule has 1 amide bonds. The molecule has 20 heavy (non-hydrogen) atoms. The van der Waals surface area contributed by atoms with Gasteiger partial charge < -0.3 is 20.7 Å². The van der Waals surface area contributed by atoms with Gasteiger partial charge in [0.15, 0.2) is 12.4 Å². The molecule has 1 aliphatic heterocycles. The minimum Gasteiger partial charge on any atom is -0.481 e. The fourth-order valence-corrected chi connectivity index (χ4v) is 1.87. The molecule has 0 fully saturated rings. The van der Waals surface area contributed by atoms with Crippen LogP contribution in [0.25, 0.3) is 0 Å². The maximum atomic E-state index is 11.3. The highest BCUT2D eigenvalue weighted by atomic mass is 16.6. The van der Waals surface area contributed by atoms with Crippen LogP contribution in [0, 0.1) is 10.1 Å². The third-order valence-electron chi connectivity index (χ3n) is 2.79. The zero-order chi connectivity index (χ0) is 14.5. The molecule has 0 unspecified atom stereocenters. The quantitative estimate of drug-likeness (QED) is 0.407. The summed E-state index contributed by atoms with van der Waals surface area (Å²) in [6.45, 7) is 3.92. The molecule has 1 heterocycles. The van der Waals surface area contributed by atoms with Gasteiger partial charge in [0.1, 0.15) is 5.69 Å². The van der Waals surface area contributed by atoms with Gasteiger partial charge in [0.25, 0.3) is 11.6 Å². The molecular weight excluding hydrogens is 264 g/mol. The van der Waals surface area contributed by atoms with Crippen molar-refractivity contribution in [1.82, 2.24) is 5.32 Å². The van der Waals surface area contributed by atoms with Crippen molar-refractivity contribution in [3.63, 3.8) is 0 Å². The summed E-state index contributed by atoms with van der Waals surface area (Å²) < 4.78 is 5.17. The Kier molecular flexibility index (Phi) is 4.36. The number of likely N-dealkylation sites (N-methyl/N-ethyl adjacent to an activating group) is 1. The minimum atomic E-state index is -0.477. The summed E-state index contributed by atoms with van der Waals surface area (Å²) in [6.07, 6.45) is 0. The number of hydrogen-bond donors (Lipinski definition) is 3. The first-order valence-corrected chi connectivity index (χ1v) is 6.31. The van der Waals surface area contributed by atoms with Crippen LogP contribution in [0.15, 0.2) is 12.1 Å². The smallest absolute Gasteiger partial charge is 0.296 e. The number of fused-ring (bicyclic) bond motifs is 1. The van der Waals surface area contributed by atoms with Gasteiger partial charge in [-0.25, -0.2) is 0 Å². The molecule has 0 atom stereocenters. The van der Waals surface area contributed by atoms with Crippen LogP contribution in [0.2, 0.25) is 0 Å². The van der Waals surface area contributed by atoms with E-state index in [2.05, 4.69) is 16.0 Å². The Hall–Kier alpha value is -2.35. The van der Waals surface area contributed by atoms with Gasteiger partial charge in [-0.05, 0) is 12.6 Å². The lowest BCUT2D eigenvalue weighted by Gasteiger charge is -2.19. The SMILES string of the molecule is CCNCCNc1cc2c(cc1[N+](=O)[O-])OCC(=O)N2.